The fraction of sp³-hybridized carbons (Fsp3) is 0.429. The van der Waals surface area contributed by atoms with Crippen LogP contribution in [0.25, 0.3) is 0 Å². The van der Waals surface area contributed by atoms with Crippen molar-refractivity contribution < 1.29 is 22.9 Å². The van der Waals surface area contributed by atoms with E-state index in [0.717, 1.165) is 0 Å². The van der Waals surface area contributed by atoms with Gasteiger partial charge in [-0.1, -0.05) is 0 Å². The molecule has 0 aliphatic carbocycles. The first-order valence-electron chi connectivity index (χ1n) is 4.26. The Labute approximate surface area is 92.1 Å². The van der Waals surface area contributed by atoms with Gasteiger partial charge in [-0.25, -0.2) is 0 Å². The van der Waals surface area contributed by atoms with Crippen molar-refractivity contribution in [2.45, 2.75) is 13.1 Å². The molecule has 94 valence electrons. The van der Waals surface area contributed by atoms with Crippen molar-refractivity contribution >= 4 is 11.6 Å². The van der Waals surface area contributed by atoms with Crippen molar-refractivity contribution in [3.8, 4) is 0 Å². The van der Waals surface area contributed by atoms with Crippen molar-refractivity contribution in [1.29, 1.82) is 0 Å². The first kappa shape index (κ1) is 12.9. The number of nitrogens with zero attached hydrogens (tertiary/aromatic N) is 2. The zero-order chi connectivity index (χ0) is 13.2. The number of aromatic amines is 1. The summed E-state index contributed by atoms with van der Waals surface area (Å²) in [7, 11) is 0. The Morgan fingerprint density at radius 3 is 2.65 bits per heavy atom. The fourth-order valence-corrected chi connectivity index (χ4v) is 1.07. The summed E-state index contributed by atoms with van der Waals surface area (Å²) in [5.74, 6) is -1.25. The normalized spacial score (nSPS) is 11.3. The molecule has 1 aromatic rings. The lowest BCUT2D eigenvalue weighted by Crippen LogP contribution is -2.34. The molecule has 0 radical (unpaired) electrons. The number of carbonyl (C=O) groups is 1. The van der Waals surface area contributed by atoms with Gasteiger partial charge in [0.2, 0.25) is 5.69 Å². The molecule has 0 fully saturated rings. The molecule has 1 heterocycles. The number of rotatable bonds is 3. The number of carbonyl (C=O) groups excluding carboxylic acids is 1. The first-order chi connectivity index (χ1) is 7.72. The standard InChI is InChI=1S/C7H7F3N4O3/c1-3-5(14(16)17)4(13-12-3)6(15)11-2-7(8,9)10/h2H2,1H3,(H,11,15)(H,12,13). The van der Waals surface area contributed by atoms with Crippen molar-refractivity contribution in [3.63, 3.8) is 0 Å². The van der Waals surface area contributed by atoms with E-state index in [0.29, 0.717) is 0 Å². The number of aryl methyl sites for hydroxylation is 1. The molecule has 17 heavy (non-hydrogen) atoms. The summed E-state index contributed by atoms with van der Waals surface area (Å²) in [6.45, 7) is -0.291. The van der Waals surface area contributed by atoms with Gasteiger partial charge in [-0.05, 0) is 6.92 Å². The van der Waals surface area contributed by atoms with E-state index in [1.165, 1.54) is 12.2 Å². The molecule has 0 aliphatic rings. The van der Waals surface area contributed by atoms with Gasteiger partial charge < -0.3 is 5.32 Å². The van der Waals surface area contributed by atoms with Crippen LogP contribution < -0.4 is 5.32 Å². The number of nitro groups is 1. The SMILES string of the molecule is Cc1[nH]nc(C(=O)NCC(F)(F)F)c1[N+](=O)[O-]. The number of amides is 1. The number of aromatic nitrogens is 2. The van der Waals surface area contributed by atoms with Crippen LogP contribution in [0.2, 0.25) is 0 Å². The van der Waals surface area contributed by atoms with E-state index in [1.54, 1.807) is 0 Å². The number of H-pyrrole nitrogens is 1. The van der Waals surface area contributed by atoms with Crippen molar-refractivity contribution in [2.24, 2.45) is 0 Å². The van der Waals surface area contributed by atoms with Crippen molar-refractivity contribution in [3.05, 3.63) is 21.5 Å². The van der Waals surface area contributed by atoms with Crippen LogP contribution in [-0.2, 0) is 0 Å². The molecule has 1 aromatic heterocycles. The molecule has 1 amide bonds. The van der Waals surface area contributed by atoms with Crippen LogP contribution in [0.4, 0.5) is 18.9 Å². The molecular formula is C7H7F3N4O3. The maximum Gasteiger partial charge on any atom is 0.405 e. The Morgan fingerprint density at radius 2 is 2.18 bits per heavy atom. The van der Waals surface area contributed by atoms with Crippen LogP contribution in [0, 0.1) is 17.0 Å². The van der Waals surface area contributed by atoms with Crippen molar-refractivity contribution in [1.82, 2.24) is 15.5 Å². The topological polar surface area (TPSA) is 101 Å². The Kier molecular flexibility index (Phi) is 3.34. The largest absolute Gasteiger partial charge is 0.405 e. The summed E-state index contributed by atoms with van der Waals surface area (Å²) in [6.07, 6.45) is -4.59. The van der Waals surface area contributed by atoms with Gasteiger partial charge in [0, 0.05) is 0 Å². The van der Waals surface area contributed by atoms with Gasteiger partial charge in [-0.2, -0.15) is 18.3 Å². The van der Waals surface area contributed by atoms with E-state index >= 15 is 0 Å². The molecule has 0 spiro atoms. The third-order valence-corrected chi connectivity index (χ3v) is 1.76. The van der Waals surface area contributed by atoms with Crippen LogP contribution in [0.1, 0.15) is 16.2 Å². The predicted octanol–water partition coefficient (Wildman–Crippen LogP) is 0.918. The highest BCUT2D eigenvalue weighted by Crippen LogP contribution is 2.20. The Hall–Kier alpha value is -2.13. The molecule has 7 nitrogen and oxygen atoms in total. The summed E-state index contributed by atoms with van der Waals surface area (Å²) in [4.78, 5) is 20.9. The average Bonchev–Trinajstić information content (AvgIpc) is 2.55. The van der Waals surface area contributed by atoms with E-state index in [2.05, 4.69) is 10.2 Å². The molecule has 1 rings (SSSR count). The van der Waals surface area contributed by atoms with Gasteiger partial charge in [0.25, 0.3) is 5.91 Å². The van der Waals surface area contributed by atoms with E-state index in [9.17, 15) is 28.1 Å². The van der Waals surface area contributed by atoms with Crippen LogP contribution in [0.3, 0.4) is 0 Å². The number of halogens is 3. The number of hydrogen-bond acceptors (Lipinski definition) is 4. The minimum Gasteiger partial charge on any atom is -0.341 e. The predicted molar refractivity (Wildman–Crippen MR) is 48.4 cm³/mol. The highest BCUT2D eigenvalue weighted by Gasteiger charge is 2.31. The lowest BCUT2D eigenvalue weighted by atomic mass is 10.3. The van der Waals surface area contributed by atoms with Gasteiger partial charge in [0.05, 0.1) is 4.92 Å². The molecule has 0 saturated carbocycles. The molecule has 0 atom stereocenters. The summed E-state index contributed by atoms with van der Waals surface area (Å²) >= 11 is 0. The third-order valence-electron chi connectivity index (χ3n) is 1.76. The summed E-state index contributed by atoms with van der Waals surface area (Å²) in [5.41, 5.74) is -1.31. The van der Waals surface area contributed by atoms with Crippen LogP contribution in [0.15, 0.2) is 0 Å². The van der Waals surface area contributed by atoms with Gasteiger partial charge in [-0.15, -0.1) is 0 Å². The maximum absolute atomic E-state index is 11.8. The summed E-state index contributed by atoms with van der Waals surface area (Å²) in [5, 5.41) is 17.5. The smallest absolute Gasteiger partial charge is 0.341 e. The van der Waals surface area contributed by atoms with Gasteiger partial charge >= 0.3 is 11.9 Å². The fourth-order valence-electron chi connectivity index (χ4n) is 1.07. The number of alkyl halides is 3. The Morgan fingerprint density at radius 1 is 1.59 bits per heavy atom. The Balaban J connectivity index is 2.87. The average molecular weight is 252 g/mol. The second kappa shape index (κ2) is 4.39. The second-order valence-electron chi connectivity index (χ2n) is 3.10. The minimum absolute atomic E-state index is 0.00726. The number of nitrogens with one attached hydrogen (secondary N) is 2. The highest BCUT2D eigenvalue weighted by atomic mass is 19.4. The highest BCUT2D eigenvalue weighted by molar-refractivity contribution is 5.96. The van der Waals surface area contributed by atoms with E-state index in [-0.39, 0.29) is 5.69 Å². The second-order valence-corrected chi connectivity index (χ2v) is 3.10. The van der Waals surface area contributed by atoms with Crippen LogP contribution >= 0.6 is 0 Å². The van der Waals surface area contributed by atoms with Gasteiger partial charge in [-0.3, -0.25) is 20.0 Å². The van der Waals surface area contributed by atoms with E-state index in [4.69, 9.17) is 0 Å². The monoisotopic (exact) mass is 252 g/mol. The maximum atomic E-state index is 11.8. The van der Waals surface area contributed by atoms with E-state index in [1.807, 2.05) is 0 Å². The quantitative estimate of drug-likeness (QED) is 0.616. The minimum atomic E-state index is -4.59. The molecule has 0 bridgehead atoms. The molecule has 0 aromatic carbocycles. The lowest BCUT2D eigenvalue weighted by Gasteiger charge is -2.06. The molecule has 2 N–H and O–H groups in total. The van der Waals surface area contributed by atoms with E-state index < -0.39 is 34.9 Å². The van der Waals surface area contributed by atoms with Crippen LogP contribution in [0.5, 0.6) is 0 Å². The molecule has 0 aliphatic heterocycles. The summed E-state index contributed by atoms with van der Waals surface area (Å²) in [6, 6.07) is 0. The van der Waals surface area contributed by atoms with Gasteiger partial charge in [0.1, 0.15) is 12.2 Å². The zero-order valence-electron chi connectivity index (χ0n) is 8.46. The third kappa shape index (κ3) is 3.16. The number of hydrogen-bond donors (Lipinski definition) is 2. The molecule has 0 saturated heterocycles. The molecular weight excluding hydrogens is 245 g/mol. The lowest BCUT2D eigenvalue weighted by molar-refractivity contribution is -0.385. The van der Waals surface area contributed by atoms with Crippen molar-refractivity contribution in [2.75, 3.05) is 6.54 Å². The first-order valence-corrected chi connectivity index (χ1v) is 4.26. The summed E-state index contributed by atoms with van der Waals surface area (Å²) < 4.78 is 35.5. The van der Waals surface area contributed by atoms with Crippen LogP contribution in [-0.4, -0.2) is 33.7 Å². The van der Waals surface area contributed by atoms with Gasteiger partial charge in [0.15, 0.2) is 0 Å². The molecule has 0 unspecified atom stereocenters. The Bertz CT molecular complexity index is 454. The molecule has 10 heteroatoms. The zero-order valence-corrected chi connectivity index (χ0v) is 8.46.